The molecule has 0 saturated heterocycles. The van der Waals surface area contributed by atoms with Crippen LogP contribution < -0.4 is 10.6 Å². The fourth-order valence-corrected chi connectivity index (χ4v) is 3.05. The molecule has 2 amide bonds. The third-order valence-corrected chi connectivity index (χ3v) is 5.30. The zero-order chi connectivity index (χ0) is 17.0. The zero-order valence-electron chi connectivity index (χ0n) is 13.2. The minimum atomic E-state index is -3.73. The van der Waals surface area contributed by atoms with Crippen LogP contribution in [0.1, 0.15) is 18.4 Å². The molecule has 0 radical (unpaired) electrons. The molecule has 1 aromatic carbocycles. The Morgan fingerprint density at radius 2 is 1.78 bits per heavy atom. The van der Waals surface area contributed by atoms with Gasteiger partial charge in [-0.3, -0.25) is 9.59 Å². The summed E-state index contributed by atoms with van der Waals surface area (Å²) in [5.74, 6) is -0.779. The van der Waals surface area contributed by atoms with E-state index in [2.05, 4.69) is 10.6 Å². The SMILES string of the molecule is Cc1ccc(S(=O)(=O)N(C)CC(=O)NCC(=O)NC2CC2)cc1. The first kappa shape index (κ1) is 17.4. The van der Waals surface area contributed by atoms with Gasteiger partial charge in [-0.2, -0.15) is 4.31 Å². The average Bonchev–Trinajstić information content (AvgIpc) is 3.29. The zero-order valence-corrected chi connectivity index (χ0v) is 14.0. The highest BCUT2D eigenvalue weighted by molar-refractivity contribution is 7.89. The van der Waals surface area contributed by atoms with Gasteiger partial charge in [-0.15, -0.1) is 0 Å². The molecule has 2 rings (SSSR count). The van der Waals surface area contributed by atoms with Crippen molar-refractivity contribution in [1.82, 2.24) is 14.9 Å². The number of rotatable bonds is 7. The van der Waals surface area contributed by atoms with Crippen molar-refractivity contribution in [3.8, 4) is 0 Å². The number of benzene rings is 1. The summed E-state index contributed by atoms with van der Waals surface area (Å²) in [6.45, 7) is 1.38. The Hall–Kier alpha value is -1.93. The van der Waals surface area contributed by atoms with E-state index in [1.807, 2.05) is 6.92 Å². The molecule has 0 aromatic heterocycles. The summed E-state index contributed by atoms with van der Waals surface area (Å²) in [5.41, 5.74) is 0.950. The van der Waals surface area contributed by atoms with Crippen LogP contribution in [-0.2, 0) is 19.6 Å². The van der Waals surface area contributed by atoms with E-state index in [9.17, 15) is 18.0 Å². The summed E-state index contributed by atoms with van der Waals surface area (Å²) in [6, 6.07) is 6.63. The molecule has 7 nitrogen and oxygen atoms in total. The number of aryl methyl sites for hydroxylation is 1. The number of amides is 2. The average molecular weight is 339 g/mol. The third-order valence-electron chi connectivity index (χ3n) is 3.48. The van der Waals surface area contributed by atoms with Crippen molar-refractivity contribution in [2.24, 2.45) is 0 Å². The molecule has 1 fully saturated rings. The second-order valence-corrected chi connectivity index (χ2v) is 7.74. The fraction of sp³-hybridized carbons (Fsp3) is 0.467. The highest BCUT2D eigenvalue weighted by Gasteiger charge is 2.25. The van der Waals surface area contributed by atoms with Crippen molar-refractivity contribution in [1.29, 1.82) is 0 Å². The molecule has 23 heavy (non-hydrogen) atoms. The minimum absolute atomic E-state index is 0.130. The van der Waals surface area contributed by atoms with Gasteiger partial charge >= 0.3 is 0 Å². The standard InChI is InChI=1S/C15H21N3O4S/c1-11-3-7-13(8-4-11)23(21,22)18(2)10-15(20)16-9-14(19)17-12-5-6-12/h3-4,7-8,12H,5-6,9-10H2,1-2H3,(H,16,20)(H,17,19). The molecular formula is C15H21N3O4S. The molecule has 0 spiro atoms. The summed E-state index contributed by atoms with van der Waals surface area (Å²) in [4.78, 5) is 23.4. The van der Waals surface area contributed by atoms with Crippen LogP contribution in [0.4, 0.5) is 0 Å². The molecule has 1 aliphatic carbocycles. The van der Waals surface area contributed by atoms with Crippen molar-refractivity contribution >= 4 is 21.8 Å². The Bertz CT molecular complexity index is 681. The highest BCUT2D eigenvalue weighted by Crippen LogP contribution is 2.18. The van der Waals surface area contributed by atoms with Crippen LogP contribution in [0.2, 0.25) is 0 Å². The predicted molar refractivity (Wildman–Crippen MR) is 85.2 cm³/mol. The molecule has 0 unspecified atom stereocenters. The lowest BCUT2D eigenvalue weighted by atomic mass is 10.2. The van der Waals surface area contributed by atoms with Gasteiger partial charge in [0.2, 0.25) is 21.8 Å². The lowest BCUT2D eigenvalue weighted by Crippen LogP contribution is -2.43. The largest absolute Gasteiger partial charge is 0.352 e. The van der Waals surface area contributed by atoms with Gasteiger partial charge in [0.25, 0.3) is 0 Å². The van der Waals surface area contributed by atoms with Crippen molar-refractivity contribution in [2.45, 2.75) is 30.7 Å². The van der Waals surface area contributed by atoms with Crippen molar-refractivity contribution in [2.75, 3.05) is 20.1 Å². The lowest BCUT2D eigenvalue weighted by Gasteiger charge is -2.17. The molecule has 0 aliphatic heterocycles. The molecule has 0 atom stereocenters. The number of carbonyl (C=O) groups excluding carboxylic acids is 2. The van der Waals surface area contributed by atoms with Crippen molar-refractivity contribution in [3.05, 3.63) is 29.8 Å². The van der Waals surface area contributed by atoms with Crippen LogP contribution in [0.25, 0.3) is 0 Å². The maximum absolute atomic E-state index is 12.3. The second kappa shape index (κ2) is 7.10. The Morgan fingerprint density at radius 1 is 1.17 bits per heavy atom. The van der Waals surface area contributed by atoms with E-state index in [-0.39, 0.29) is 29.9 Å². The van der Waals surface area contributed by atoms with E-state index >= 15 is 0 Å². The van der Waals surface area contributed by atoms with Gasteiger partial charge in [0.1, 0.15) is 0 Å². The number of carbonyl (C=O) groups is 2. The van der Waals surface area contributed by atoms with Gasteiger partial charge in [-0.25, -0.2) is 8.42 Å². The van der Waals surface area contributed by atoms with Gasteiger partial charge in [0.05, 0.1) is 18.0 Å². The summed E-state index contributed by atoms with van der Waals surface area (Å²) < 4.78 is 25.6. The van der Waals surface area contributed by atoms with E-state index in [1.165, 1.54) is 19.2 Å². The minimum Gasteiger partial charge on any atom is -0.352 e. The number of hydrogen-bond donors (Lipinski definition) is 2. The van der Waals surface area contributed by atoms with Gasteiger partial charge < -0.3 is 10.6 Å². The van der Waals surface area contributed by atoms with Crippen LogP contribution in [-0.4, -0.2) is 50.7 Å². The van der Waals surface area contributed by atoms with Crippen LogP contribution in [0, 0.1) is 6.92 Å². The van der Waals surface area contributed by atoms with Crippen LogP contribution in [0.15, 0.2) is 29.2 Å². The van der Waals surface area contributed by atoms with Crippen LogP contribution >= 0.6 is 0 Å². The summed E-state index contributed by atoms with van der Waals surface area (Å²) in [6.07, 6.45) is 1.94. The predicted octanol–water partition coefficient (Wildman–Crippen LogP) is 0.0103. The Labute approximate surface area is 136 Å². The number of sulfonamides is 1. The number of likely N-dealkylation sites (N-methyl/N-ethyl adjacent to an activating group) is 1. The maximum atomic E-state index is 12.3. The fourth-order valence-electron chi connectivity index (χ4n) is 1.92. The Kier molecular flexibility index (Phi) is 5.38. The maximum Gasteiger partial charge on any atom is 0.243 e. The lowest BCUT2D eigenvalue weighted by molar-refractivity contribution is -0.126. The summed E-state index contributed by atoms with van der Waals surface area (Å²) in [5, 5.41) is 5.16. The van der Waals surface area contributed by atoms with E-state index in [0.29, 0.717) is 0 Å². The van der Waals surface area contributed by atoms with Crippen molar-refractivity contribution < 1.29 is 18.0 Å². The van der Waals surface area contributed by atoms with Gasteiger partial charge in [-0.05, 0) is 31.9 Å². The Morgan fingerprint density at radius 3 is 2.35 bits per heavy atom. The summed E-state index contributed by atoms with van der Waals surface area (Å²) >= 11 is 0. The molecule has 126 valence electrons. The quantitative estimate of drug-likeness (QED) is 0.731. The first-order chi connectivity index (χ1) is 10.8. The third kappa shape index (κ3) is 5.04. The number of hydrogen-bond acceptors (Lipinski definition) is 4. The molecule has 2 N–H and O–H groups in total. The van der Waals surface area contributed by atoms with E-state index in [4.69, 9.17) is 0 Å². The molecule has 1 aliphatic rings. The van der Waals surface area contributed by atoms with E-state index in [0.717, 1.165) is 22.7 Å². The summed E-state index contributed by atoms with van der Waals surface area (Å²) in [7, 11) is -2.39. The number of nitrogens with zero attached hydrogens (tertiary/aromatic N) is 1. The second-order valence-electron chi connectivity index (χ2n) is 5.69. The highest BCUT2D eigenvalue weighted by atomic mass is 32.2. The number of nitrogens with one attached hydrogen (secondary N) is 2. The van der Waals surface area contributed by atoms with Crippen LogP contribution in [0.5, 0.6) is 0 Å². The van der Waals surface area contributed by atoms with Gasteiger partial charge in [0, 0.05) is 13.1 Å². The molecule has 1 aromatic rings. The first-order valence-corrected chi connectivity index (χ1v) is 8.82. The topological polar surface area (TPSA) is 95.6 Å². The molecule has 0 bridgehead atoms. The monoisotopic (exact) mass is 339 g/mol. The molecule has 1 saturated carbocycles. The van der Waals surface area contributed by atoms with E-state index < -0.39 is 15.9 Å². The smallest absolute Gasteiger partial charge is 0.243 e. The molecule has 0 heterocycles. The van der Waals surface area contributed by atoms with Gasteiger partial charge in [-0.1, -0.05) is 17.7 Å². The van der Waals surface area contributed by atoms with Crippen molar-refractivity contribution in [3.63, 3.8) is 0 Å². The van der Waals surface area contributed by atoms with Crippen LogP contribution in [0.3, 0.4) is 0 Å². The molecular weight excluding hydrogens is 318 g/mol. The van der Waals surface area contributed by atoms with E-state index in [1.54, 1.807) is 12.1 Å². The molecule has 8 heteroatoms. The normalized spacial score (nSPS) is 14.6. The Balaban J connectivity index is 1.86. The van der Waals surface area contributed by atoms with Gasteiger partial charge in [0.15, 0.2) is 0 Å². The first-order valence-electron chi connectivity index (χ1n) is 7.38.